The number of nitrogens with zero attached hydrogens (tertiary/aromatic N) is 2. The van der Waals surface area contributed by atoms with Crippen molar-refractivity contribution in [3.63, 3.8) is 0 Å². The van der Waals surface area contributed by atoms with Crippen molar-refractivity contribution in [2.24, 2.45) is 7.05 Å². The van der Waals surface area contributed by atoms with E-state index < -0.39 is 5.92 Å². The first-order valence-corrected chi connectivity index (χ1v) is 10.0. The van der Waals surface area contributed by atoms with E-state index in [9.17, 15) is 10.1 Å². The molecule has 158 valence electrons. The maximum Gasteiger partial charge on any atom is 0.214 e. The fourth-order valence-electron chi connectivity index (χ4n) is 4.30. The lowest BCUT2D eigenvalue weighted by molar-refractivity contribution is -0.481. The fourth-order valence-corrected chi connectivity index (χ4v) is 4.30. The molecule has 1 heterocycles. The monoisotopic (exact) mass is 416 g/mol. The van der Waals surface area contributed by atoms with Crippen LogP contribution in [-0.2, 0) is 7.05 Å². The number of hydrogen-bond acceptors (Lipinski definition) is 4. The summed E-state index contributed by atoms with van der Waals surface area (Å²) in [6.07, 6.45) is 0. The number of rotatable bonds is 7. The van der Waals surface area contributed by atoms with Crippen molar-refractivity contribution >= 4 is 10.9 Å². The lowest BCUT2D eigenvalue weighted by Gasteiger charge is -2.18. The Kier molecular flexibility index (Phi) is 5.62. The highest BCUT2D eigenvalue weighted by Gasteiger charge is 2.29. The number of para-hydroxylation sites is 1. The Labute approximate surface area is 180 Å². The van der Waals surface area contributed by atoms with Gasteiger partial charge in [-0.3, -0.25) is 10.1 Å². The van der Waals surface area contributed by atoms with Crippen LogP contribution in [0.4, 0.5) is 0 Å². The second-order valence-electron chi connectivity index (χ2n) is 7.39. The van der Waals surface area contributed by atoms with Crippen LogP contribution in [0.1, 0.15) is 17.0 Å². The Morgan fingerprint density at radius 2 is 1.61 bits per heavy atom. The molecule has 3 aromatic carbocycles. The largest absolute Gasteiger partial charge is 0.493 e. The first-order valence-electron chi connectivity index (χ1n) is 10.0. The van der Waals surface area contributed by atoms with Gasteiger partial charge in [-0.25, -0.2) is 0 Å². The van der Waals surface area contributed by atoms with E-state index in [0.717, 1.165) is 33.3 Å². The summed E-state index contributed by atoms with van der Waals surface area (Å²) in [5, 5.41) is 12.8. The van der Waals surface area contributed by atoms with Gasteiger partial charge in [-0.1, -0.05) is 54.6 Å². The number of nitro groups is 1. The highest BCUT2D eigenvalue weighted by Crippen LogP contribution is 2.42. The van der Waals surface area contributed by atoms with Gasteiger partial charge in [0.25, 0.3) is 0 Å². The summed E-state index contributed by atoms with van der Waals surface area (Å²) in [6, 6.07) is 23.6. The van der Waals surface area contributed by atoms with Gasteiger partial charge >= 0.3 is 0 Å². The first-order chi connectivity index (χ1) is 15.0. The summed E-state index contributed by atoms with van der Waals surface area (Å²) in [7, 11) is 5.15. The Balaban J connectivity index is 2.02. The van der Waals surface area contributed by atoms with Gasteiger partial charge in [0, 0.05) is 22.9 Å². The van der Waals surface area contributed by atoms with Crippen LogP contribution in [0.3, 0.4) is 0 Å². The van der Waals surface area contributed by atoms with E-state index in [4.69, 9.17) is 9.47 Å². The molecule has 4 aromatic rings. The molecule has 6 nitrogen and oxygen atoms in total. The standard InChI is InChI=1S/C25H24N2O4/c1-26-21-12-8-7-11-19(21)24(25(26)17-9-5-4-6-10-17)20(16-27(28)29)18-13-14-22(30-2)23(15-18)31-3/h4-15,20H,16H2,1-3H3/t20-/m0/s1. The number of aryl methyl sites for hydroxylation is 1. The van der Waals surface area contributed by atoms with E-state index >= 15 is 0 Å². The predicted octanol–water partition coefficient (Wildman–Crippen LogP) is 5.27. The Bertz CT molecular complexity index is 1230. The highest BCUT2D eigenvalue weighted by molar-refractivity contribution is 5.93. The van der Waals surface area contributed by atoms with Crippen molar-refractivity contribution in [2.45, 2.75) is 5.92 Å². The quantitative estimate of drug-likeness (QED) is 0.304. The third-order valence-corrected chi connectivity index (χ3v) is 5.68. The molecule has 1 atom stereocenters. The third kappa shape index (κ3) is 3.72. The molecule has 0 aliphatic rings. The van der Waals surface area contributed by atoms with Crippen LogP contribution >= 0.6 is 0 Å². The molecule has 6 heteroatoms. The zero-order valence-electron chi connectivity index (χ0n) is 17.7. The first kappa shape index (κ1) is 20.5. The molecule has 0 fully saturated rings. The Hall–Kier alpha value is -3.80. The normalized spacial score (nSPS) is 12.0. The third-order valence-electron chi connectivity index (χ3n) is 5.68. The van der Waals surface area contributed by atoms with Gasteiger partial charge in [-0.15, -0.1) is 0 Å². The van der Waals surface area contributed by atoms with Crippen molar-refractivity contribution in [1.29, 1.82) is 0 Å². The van der Waals surface area contributed by atoms with Gasteiger partial charge in [-0.2, -0.15) is 0 Å². The molecular formula is C25H24N2O4. The van der Waals surface area contributed by atoms with Crippen LogP contribution in [0, 0.1) is 10.1 Å². The topological polar surface area (TPSA) is 66.5 Å². The molecule has 0 aliphatic heterocycles. The maximum absolute atomic E-state index is 11.8. The van der Waals surface area contributed by atoms with Crippen molar-refractivity contribution < 1.29 is 14.4 Å². The Morgan fingerprint density at radius 1 is 0.935 bits per heavy atom. The minimum atomic E-state index is -0.462. The molecule has 0 spiro atoms. The van der Waals surface area contributed by atoms with E-state index in [-0.39, 0.29) is 11.5 Å². The van der Waals surface area contributed by atoms with Crippen LogP contribution in [0.5, 0.6) is 11.5 Å². The maximum atomic E-state index is 11.8. The molecule has 0 radical (unpaired) electrons. The van der Waals surface area contributed by atoms with E-state index in [1.165, 1.54) is 0 Å². The molecule has 0 saturated carbocycles. The van der Waals surface area contributed by atoms with E-state index in [1.54, 1.807) is 20.3 Å². The predicted molar refractivity (Wildman–Crippen MR) is 122 cm³/mol. The van der Waals surface area contributed by atoms with Crippen LogP contribution in [0.15, 0.2) is 72.8 Å². The van der Waals surface area contributed by atoms with Crippen LogP contribution in [-0.4, -0.2) is 30.3 Å². The molecule has 0 aliphatic carbocycles. The minimum absolute atomic E-state index is 0.233. The summed E-state index contributed by atoms with van der Waals surface area (Å²) in [5.41, 5.74) is 4.77. The summed E-state index contributed by atoms with van der Waals surface area (Å²) < 4.78 is 13.0. The molecule has 4 rings (SSSR count). The molecule has 0 amide bonds. The van der Waals surface area contributed by atoms with Crippen LogP contribution in [0.25, 0.3) is 22.2 Å². The summed E-state index contributed by atoms with van der Waals surface area (Å²) in [4.78, 5) is 11.5. The molecular weight excluding hydrogens is 392 g/mol. The number of ether oxygens (including phenoxy) is 2. The van der Waals surface area contributed by atoms with Gasteiger partial charge in [0.05, 0.1) is 25.8 Å². The van der Waals surface area contributed by atoms with Crippen LogP contribution < -0.4 is 9.47 Å². The molecule has 1 aromatic heterocycles. The summed E-state index contributed by atoms with van der Waals surface area (Å²) in [5.74, 6) is 0.679. The van der Waals surface area contributed by atoms with E-state index in [0.29, 0.717) is 11.5 Å². The number of fused-ring (bicyclic) bond motifs is 1. The Morgan fingerprint density at radius 3 is 2.29 bits per heavy atom. The number of methoxy groups -OCH3 is 2. The SMILES string of the molecule is COc1ccc([C@H](C[N+](=O)[O-])c2c(-c3ccccc3)n(C)c3ccccc23)cc1OC. The lowest BCUT2D eigenvalue weighted by Crippen LogP contribution is -2.15. The average molecular weight is 416 g/mol. The van der Waals surface area contributed by atoms with Crippen molar-refractivity contribution in [2.75, 3.05) is 20.8 Å². The van der Waals surface area contributed by atoms with E-state index in [1.807, 2.05) is 73.8 Å². The van der Waals surface area contributed by atoms with Gasteiger partial charge in [0.15, 0.2) is 11.5 Å². The average Bonchev–Trinajstić information content (AvgIpc) is 3.09. The van der Waals surface area contributed by atoms with Crippen LogP contribution in [0.2, 0.25) is 0 Å². The van der Waals surface area contributed by atoms with Gasteiger partial charge < -0.3 is 14.0 Å². The highest BCUT2D eigenvalue weighted by atomic mass is 16.6. The molecule has 0 N–H and O–H groups in total. The zero-order valence-corrected chi connectivity index (χ0v) is 17.7. The second-order valence-corrected chi connectivity index (χ2v) is 7.39. The van der Waals surface area contributed by atoms with E-state index in [2.05, 4.69) is 4.57 Å². The lowest BCUT2D eigenvalue weighted by atomic mass is 9.87. The number of hydrogen-bond donors (Lipinski definition) is 0. The van der Waals surface area contributed by atoms with Crippen molar-refractivity contribution in [1.82, 2.24) is 4.57 Å². The molecule has 0 saturated heterocycles. The van der Waals surface area contributed by atoms with Gasteiger partial charge in [0.1, 0.15) is 0 Å². The number of aromatic nitrogens is 1. The molecule has 31 heavy (non-hydrogen) atoms. The minimum Gasteiger partial charge on any atom is -0.493 e. The second kappa shape index (κ2) is 8.52. The van der Waals surface area contributed by atoms with Crippen molar-refractivity contribution in [3.05, 3.63) is 94.0 Å². The van der Waals surface area contributed by atoms with Gasteiger partial charge in [0.2, 0.25) is 6.54 Å². The summed E-state index contributed by atoms with van der Waals surface area (Å²) >= 11 is 0. The van der Waals surface area contributed by atoms with Crippen molar-refractivity contribution in [3.8, 4) is 22.8 Å². The smallest absolute Gasteiger partial charge is 0.214 e. The molecule has 0 unspecified atom stereocenters. The van der Waals surface area contributed by atoms with Gasteiger partial charge in [-0.05, 0) is 34.9 Å². The number of benzene rings is 3. The zero-order chi connectivity index (χ0) is 22.0. The fraction of sp³-hybridized carbons (Fsp3) is 0.200. The molecule has 0 bridgehead atoms. The summed E-state index contributed by atoms with van der Waals surface area (Å²) in [6.45, 7) is -0.233.